The molecule has 0 aromatic carbocycles. The third-order valence-corrected chi connectivity index (χ3v) is 2.50. The van der Waals surface area contributed by atoms with E-state index in [1.54, 1.807) is 0 Å². The summed E-state index contributed by atoms with van der Waals surface area (Å²) in [5.41, 5.74) is 0. The monoisotopic (exact) mass is 260 g/mol. The number of carbonyl (C=O) groups excluding carboxylic acids is 2. The molecule has 106 valence electrons. The van der Waals surface area contributed by atoms with Gasteiger partial charge >= 0.3 is 0 Å². The smallest absolute Gasteiger partial charge is 0.252 e. The van der Waals surface area contributed by atoms with Gasteiger partial charge in [0.15, 0.2) is 12.2 Å². The first-order valence-corrected chi connectivity index (χ1v) is 6.46. The summed E-state index contributed by atoms with van der Waals surface area (Å²) in [6.07, 6.45) is -0.0339. The zero-order valence-electron chi connectivity index (χ0n) is 11.1. The summed E-state index contributed by atoms with van der Waals surface area (Å²) in [5.74, 6) is -1.44. The van der Waals surface area contributed by atoms with Crippen molar-refractivity contribution in [2.24, 2.45) is 0 Å². The lowest BCUT2D eigenvalue weighted by atomic mass is 10.1. The minimum atomic E-state index is -1.72. The van der Waals surface area contributed by atoms with Crippen LogP contribution in [0.4, 0.5) is 0 Å². The molecular weight excluding hydrogens is 236 g/mol. The number of unbranched alkanes of at least 4 members (excludes halogenated alkanes) is 2. The second-order valence-corrected chi connectivity index (χ2v) is 4.18. The molecule has 0 aliphatic carbocycles. The summed E-state index contributed by atoms with van der Waals surface area (Å²) in [7, 11) is 0. The fraction of sp³-hybridized carbons (Fsp3) is 0.833. The van der Waals surface area contributed by atoms with Gasteiger partial charge in [-0.1, -0.05) is 26.7 Å². The Hall–Kier alpha value is -1.14. The largest absolute Gasteiger partial charge is 0.380 e. The van der Waals surface area contributed by atoms with E-state index in [9.17, 15) is 19.8 Å². The molecule has 0 saturated heterocycles. The van der Waals surface area contributed by atoms with Crippen LogP contribution in [0.25, 0.3) is 0 Å². The molecule has 0 heterocycles. The molecule has 0 bridgehead atoms. The van der Waals surface area contributed by atoms with Gasteiger partial charge in [0.1, 0.15) is 0 Å². The topological polar surface area (TPSA) is 98.7 Å². The predicted octanol–water partition coefficient (Wildman–Crippen LogP) is -0.459. The molecule has 0 aromatic heterocycles. The summed E-state index contributed by atoms with van der Waals surface area (Å²) < 4.78 is 0. The van der Waals surface area contributed by atoms with E-state index in [-0.39, 0.29) is 0 Å². The molecule has 0 aromatic rings. The van der Waals surface area contributed by atoms with Gasteiger partial charge in [-0.15, -0.1) is 0 Å². The zero-order valence-corrected chi connectivity index (χ0v) is 11.1. The van der Waals surface area contributed by atoms with Crippen LogP contribution >= 0.6 is 0 Å². The van der Waals surface area contributed by atoms with E-state index < -0.39 is 24.0 Å². The lowest BCUT2D eigenvalue weighted by Crippen LogP contribution is -2.49. The third-order valence-electron chi connectivity index (χ3n) is 2.50. The van der Waals surface area contributed by atoms with Crippen molar-refractivity contribution in [3.05, 3.63) is 0 Å². The van der Waals surface area contributed by atoms with Gasteiger partial charge in [-0.2, -0.15) is 0 Å². The van der Waals surface area contributed by atoms with Crippen LogP contribution in [0.15, 0.2) is 0 Å². The van der Waals surface area contributed by atoms with Gasteiger partial charge in [0.05, 0.1) is 0 Å². The molecule has 6 heteroatoms. The molecule has 2 atom stereocenters. The van der Waals surface area contributed by atoms with Crippen molar-refractivity contribution < 1.29 is 19.8 Å². The number of aliphatic hydroxyl groups excluding tert-OH is 2. The summed E-state index contributed by atoms with van der Waals surface area (Å²) in [6, 6.07) is 0. The van der Waals surface area contributed by atoms with Gasteiger partial charge in [-0.3, -0.25) is 9.59 Å². The minimum absolute atomic E-state index is 0.427. The average Bonchev–Trinajstić information content (AvgIpc) is 2.37. The van der Waals surface area contributed by atoms with Gasteiger partial charge in [-0.25, -0.2) is 0 Å². The normalized spacial score (nSPS) is 13.8. The van der Waals surface area contributed by atoms with Crippen LogP contribution in [0.1, 0.15) is 39.5 Å². The Morgan fingerprint density at radius 3 is 1.50 bits per heavy atom. The highest BCUT2D eigenvalue weighted by atomic mass is 16.3. The molecule has 6 nitrogen and oxygen atoms in total. The molecule has 18 heavy (non-hydrogen) atoms. The van der Waals surface area contributed by atoms with Crippen LogP contribution in [-0.2, 0) is 9.59 Å². The van der Waals surface area contributed by atoms with Crippen molar-refractivity contribution in [3.63, 3.8) is 0 Å². The third kappa shape index (κ3) is 6.56. The molecule has 0 aliphatic rings. The summed E-state index contributed by atoms with van der Waals surface area (Å²) in [5, 5.41) is 23.9. The van der Waals surface area contributed by atoms with Gasteiger partial charge in [0.25, 0.3) is 11.8 Å². The maximum Gasteiger partial charge on any atom is 0.252 e. The number of carbonyl (C=O) groups is 2. The SMILES string of the molecule is CCCCNC(=O)[C@H](O)[C@@H](O)C(=O)NCCCC. The molecule has 2 amide bonds. The van der Waals surface area contributed by atoms with E-state index in [4.69, 9.17) is 0 Å². The summed E-state index contributed by atoms with van der Waals surface area (Å²) >= 11 is 0. The fourth-order valence-corrected chi connectivity index (χ4v) is 1.27. The average molecular weight is 260 g/mol. The van der Waals surface area contributed by atoms with Crippen LogP contribution in [0.5, 0.6) is 0 Å². The molecule has 0 fully saturated rings. The van der Waals surface area contributed by atoms with E-state index >= 15 is 0 Å². The lowest BCUT2D eigenvalue weighted by molar-refractivity contribution is -0.146. The summed E-state index contributed by atoms with van der Waals surface area (Å²) in [4.78, 5) is 22.8. The number of hydrogen-bond acceptors (Lipinski definition) is 4. The highest BCUT2D eigenvalue weighted by Crippen LogP contribution is 1.96. The van der Waals surface area contributed by atoms with Gasteiger partial charge in [0, 0.05) is 13.1 Å². The molecule has 0 aliphatic heterocycles. The van der Waals surface area contributed by atoms with Crippen molar-refractivity contribution in [3.8, 4) is 0 Å². The maximum absolute atomic E-state index is 11.4. The van der Waals surface area contributed by atoms with E-state index in [1.807, 2.05) is 13.8 Å². The first kappa shape index (κ1) is 16.9. The summed E-state index contributed by atoms with van der Waals surface area (Å²) in [6.45, 7) is 4.80. The Bertz CT molecular complexity index is 232. The highest BCUT2D eigenvalue weighted by Gasteiger charge is 2.29. The standard InChI is InChI=1S/C12H24N2O4/c1-3-5-7-13-11(17)9(15)10(16)12(18)14-8-6-4-2/h9-10,15-16H,3-8H2,1-2H3,(H,13,17)(H,14,18)/t9-,10-/m1/s1. The van der Waals surface area contributed by atoms with Crippen molar-refractivity contribution in [1.82, 2.24) is 10.6 Å². The Balaban J connectivity index is 4.02. The zero-order chi connectivity index (χ0) is 14.0. The van der Waals surface area contributed by atoms with Crippen molar-refractivity contribution in [2.45, 2.75) is 51.7 Å². The van der Waals surface area contributed by atoms with E-state index in [2.05, 4.69) is 10.6 Å². The first-order valence-electron chi connectivity index (χ1n) is 6.46. The minimum Gasteiger partial charge on any atom is -0.380 e. The molecule has 0 rings (SSSR count). The van der Waals surface area contributed by atoms with E-state index in [0.29, 0.717) is 13.1 Å². The van der Waals surface area contributed by atoms with Crippen molar-refractivity contribution >= 4 is 11.8 Å². The molecule has 0 unspecified atom stereocenters. The highest BCUT2D eigenvalue weighted by molar-refractivity contribution is 5.90. The lowest BCUT2D eigenvalue weighted by Gasteiger charge is -2.17. The quantitative estimate of drug-likeness (QED) is 0.422. The van der Waals surface area contributed by atoms with E-state index in [1.165, 1.54) is 0 Å². The number of aliphatic hydroxyl groups is 2. The van der Waals surface area contributed by atoms with Crippen molar-refractivity contribution in [2.75, 3.05) is 13.1 Å². The van der Waals surface area contributed by atoms with Crippen LogP contribution in [-0.4, -0.2) is 47.3 Å². The number of nitrogens with one attached hydrogen (secondary N) is 2. The molecular formula is C12H24N2O4. The first-order chi connectivity index (χ1) is 8.54. The second kappa shape index (κ2) is 9.85. The Kier molecular flexibility index (Phi) is 9.22. The van der Waals surface area contributed by atoms with Crippen LogP contribution in [0.2, 0.25) is 0 Å². The number of hydrogen-bond donors (Lipinski definition) is 4. The maximum atomic E-state index is 11.4. The fourth-order valence-electron chi connectivity index (χ4n) is 1.27. The van der Waals surface area contributed by atoms with E-state index in [0.717, 1.165) is 25.7 Å². The number of rotatable bonds is 9. The molecule has 0 saturated carbocycles. The van der Waals surface area contributed by atoms with Crippen LogP contribution < -0.4 is 10.6 Å². The molecule has 0 spiro atoms. The predicted molar refractivity (Wildman–Crippen MR) is 67.8 cm³/mol. The number of amides is 2. The van der Waals surface area contributed by atoms with Gasteiger partial charge < -0.3 is 20.8 Å². The van der Waals surface area contributed by atoms with Gasteiger partial charge in [0.2, 0.25) is 0 Å². The van der Waals surface area contributed by atoms with Crippen LogP contribution in [0.3, 0.4) is 0 Å². The Morgan fingerprint density at radius 1 is 0.889 bits per heavy atom. The Labute approximate surface area is 108 Å². The van der Waals surface area contributed by atoms with Gasteiger partial charge in [-0.05, 0) is 12.8 Å². The molecule has 4 N–H and O–H groups in total. The molecule has 0 radical (unpaired) electrons. The van der Waals surface area contributed by atoms with Crippen molar-refractivity contribution in [1.29, 1.82) is 0 Å². The van der Waals surface area contributed by atoms with Crippen LogP contribution in [0, 0.1) is 0 Å². The second-order valence-electron chi connectivity index (χ2n) is 4.18. The Morgan fingerprint density at radius 2 is 1.22 bits per heavy atom.